The number of benzene rings is 2. The predicted octanol–water partition coefficient (Wildman–Crippen LogP) is 5.56. The van der Waals surface area contributed by atoms with Crippen LogP contribution in [0.3, 0.4) is 0 Å². The number of nitrogens with zero attached hydrogens (tertiary/aromatic N) is 1. The molecule has 2 aromatic carbocycles. The molecule has 0 fully saturated rings. The summed E-state index contributed by atoms with van der Waals surface area (Å²) in [6.45, 7) is 10.6. The lowest BCUT2D eigenvalue weighted by molar-refractivity contribution is -0.159. The predicted molar refractivity (Wildman–Crippen MR) is 111 cm³/mol. The van der Waals surface area contributed by atoms with Crippen LogP contribution in [0.2, 0.25) is 0 Å². The average Bonchev–Trinajstić information content (AvgIpc) is 2.67. The van der Waals surface area contributed by atoms with Crippen LogP contribution in [0.4, 0.5) is 4.39 Å². The molecule has 0 saturated heterocycles. The Morgan fingerprint density at radius 3 is 2.28 bits per heavy atom. The molecule has 150 valence electrons. The molecule has 0 aliphatic heterocycles. The minimum absolute atomic E-state index is 0.330. The molecule has 0 saturated carbocycles. The van der Waals surface area contributed by atoms with Gasteiger partial charge in [-0.05, 0) is 69.2 Å². The van der Waals surface area contributed by atoms with E-state index in [2.05, 4.69) is 12.6 Å². The number of rotatable bonds is 7. The maximum Gasteiger partial charge on any atom is 0.333 e. The largest absolute Gasteiger partial charge is 0.487 e. The van der Waals surface area contributed by atoms with Crippen molar-refractivity contribution in [1.29, 1.82) is 5.26 Å². The Bertz CT molecular complexity index is 951. The molecular weight excluding hydrogens is 369 g/mol. The Morgan fingerprint density at radius 2 is 1.76 bits per heavy atom. The van der Waals surface area contributed by atoms with E-state index in [4.69, 9.17) is 9.47 Å². The minimum atomic E-state index is -0.842. The number of esters is 1. The van der Waals surface area contributed by atoms with E-state index in [1.807, 2.05) is 19.1 Å². The number of ether oxygens (including phenoxy) is 2. The lowest BCUT2D eigenvalue weighted by atomic mass is 10.0. The molecule has 2 rings (SSSR count). The second-order valence-corrected chi connectivity index (χ2v) is 7.28. The van der Waals surface area contributed by atoms with Crippen molar-refractivity contribution < 1.29 is 18.7 Å². The van der Waals surface area contributed by atoms with Gasteiger partial charge in [0.1, 0.15) is 23.3 Å². The van der Waals surface area contributed by atoms with Crippen LogP contribution in [0.15, 0.2) is 60.7 Å². The van der Waals surface area contributed by atoms with Crippen LogP contribution in [0.25, 0.3) is 11.6 Å². The van der Waals surface area contributed by atoms with Crippen molar-refractivity contribution in [1.82, 2.24) is 0 Å². The highest BCUT2D eigenvalue weighted by Crippen LogP contribution is 2.24. The summed E-state index contributed by atoms with van der Waals surface area (Å²) >= 11 is 0. The van der Waals surface area contributed by atoms with Crippen LogP contribution in [0.5, 0.6) is 5.75 Å². The van der Waals surface area contributed by atoms with Crippen molar-refractivity contribution in [3.05, 3.63) is 77.6 Å². The third-order valence-corrected chi connectivity index (χ3v) is 4.46. The molecule has 0 amide bonds. The number of hydrogen-bond donors (Lipinski definition) is 0. The molecule has 4 nitrogen and oxygen atoms in total. The van der Waals surface area contributed by atoms with Crippen LogP contribution >= 0.6 is 0 Å². The third kappa shape index (κ3) is 6.05. The molecular formula is C24H24FNO3. The molecule has 0 N–H and O–H groups in total. The van der Waals surface area contributed by atoms with Gasteiger partial charge in [0.25, 0.3) is 0 Å². The molecule has 0 spiro atoms. The molecule has 1 unspecified atom stereocenters. The van der Waals surface area contributed by atoms with Crippen LogP contribution in [-0.2, 0) is 9.53 Å². The first-order chi connectivity index (χ1) is 13.6. The molecule has 0 aliphatic carbocycles. The number of halogens is 1. The Balaban J connectivity index is 2.11. The second kappa shape index (κ2) is 9.20. The van der Waals surface area contributed by atoms with E-state index in [0.717, 1.165) is 5.56 Å². The summed E-state index contributed by atoms with van der Waals surface area (Å²) in [5, 5.41) is 9.40. The first-order valence-electron chi connectivity index (χ1n) is 9.15. The maximum absolute atomic E-state index is 13.1. The Morgan fingerprint density at radius 1 is 1.17 bits per heavy atom. The van der Waals surface area contributed by atoms with Crippen molar-refractivity contribution in [3.63, 3.8) is 0 Å². The van der Waals surface area contributed by atoms with Gasteiger partial charge in [-0.3, -0.25) is 0 Å². The standard InChI is InChI=1S/C24H24FNO3/c1-16(2)23(27)29-24(4,5)17(3)28-22-12-6-18(7-13-22)14-20(15-26)19-8-10-21(25)11-9-19/h6-14,17H,1H2,2-5H3/b20-14+. The van der Waals surface area contributed by atoms with Gasteiger partial charge in [-0.25, -0.2) is 9.18 Å². The highest BCUT2D eigenvalue weighted by atomic mass is 19.1. The van der Waals surface area contributed by atoms with Crippen LogP contribution in [0.1, 0.15) is 38.8 Å². The van der Waals surface area contributed by atoms with Crippen LogP contribution < -0.4 is 4.74 Å². The van der Waals surface area contributed by atoms with Crippen LogP contribution in [0, 0.1) is 17.1 Å². The van der Waals surface area contributed by atoms with Gasteiger partial charge in [0.05, 0.1) is 11.6 Å². The number of carbonyl (C=O) groups is 1. The SMILES string of the molecule is C=C(C)C(=O)OC(C)(C)C(C)Oc1ccc(/C=C(\C#N)c2ccc(F)cc2)cc1. The van der Waals surface area contributed by atoms with Crippen molar-refractivity contribution >= 4 is 17.6 Å². The van der Waals surface area contributed by atoms with Gasteiger partial charge in [0.15, 0.2) is 0 Å². The van der Waals surface area contributed by atoms with Crippen molar-refractivity contribution in [2.24, 2.45) is 0 Å². The monoisotopic (exact) mass is 393 g/mol. The summed E-state index contributed by atoms with van der Waals surface area (Å²) in [5.74, 6) is -0.205. The number of nitriles is 1. The average molecular weight is 393 g/mol. The fraction of sp³-hybridized carbons (Fsp3) is 0.250. The fourth-order valence-corrected chi connectivity index (χ4v) is 2.37. The lowest BCUT2D eigenvalue weighted by Gasteiger charge is -2.31. The van der Waals surface area contributed by atoms with Gasteiger partial charge < -0.3 is 9.47 Å². The highest BCUT2D eigenvalue weighted by molar-refractivity contribution is 5.89. The molecule has 29 heavy (non-hydrogen) atoms. The van der Waals surface area contributed by atoms with Crippen LogP contribution in [-0.4, -0.2) is 17.7 Å². The zero-order valence-corrected chi connectivity index (χ0v) is 17.0. The second-order valence-electron chi connectivity index (χ2n) is 7.28. The minimum Gasteiger partial charge on any atom is -0.487 e. The van der Waals surface area contributed by atoms with Gasteiger partial charge in [-0.2, -0.15) is 5.26 Å². The van der Waals surface area contributed by atoms with Gasteiger partial charge in [0, 0.05) is 5.57 Å². The molecule has 1 atom stereocenters. The first kappa shape index (κ1) is 21.9. The van der Waals surface area contributed by atoms with E-state index in [1.54, 1.807) is 51.1 Å². The molecule has 0 bridgehead atoms. The summed E-state index contributed by atoms with van der Waals surface area (Å²) in [6.07, 6.45) is 1.32. The molecule has 5 heteroatoms. The molecule has 2 aromatic rings. The molecule has 0 radical (unpaired) electrons. The first-order valence-corrected chi connectivity index (χ1v) is 9.15. The van der Waals surface area contributed by atoms with Gasteiger partial charge >= 0.3 is 5.97 Å². The summed E-state index contributed by atoms with van der Waals surface area (Å²) < 4.78 is 24.4. The lowest BCUT2D eigenvalue weighted by Crippen LogP contribution is -2.42. The van der Waals surface area contributed by atoms with Crippen molar-refractivity contribution in [3.8, 4) is 11.8 Å². The quantitative estimate of drug-likeness (QED) is 0.268. The summed E-state index contributed by atoms with van der Waals surface area (Å²) in [7, 11) is 0. The zero-order valence-electron chi connectivity index (χ0n) is 17.0. The zero-order chi connectivity index (χ0) is 21.6. The maximum atomic E-state index is 13.1. The molecule has 0 aliphatic rings. The van der Waals surface area contributed by atoms with E-state index in [0.29, 0.717) is 22.5 Å². The van der Waals surface area contributed by atoms with Gasteiger partial charge in [-0.15, -0.1) is 0 Å². The number of carbonyl (C=O) groups excluding carboxylic acids is 1. The van der Waals surface area contributed by atoms with E-state index in [9.17, 15) is 14.4 Å². The van der Waals surface area contributed by atoms with Crippen molar-refractivity contribution in [2.45, 2.75) is 39.4 Å². The highest BCUT2D eigenvalue weighted by Gasteiger charge is 2.32. The molecule has 0 heterocycles. The summed E-state index contributed by atoms with van der Waals surface area (Å²) in [6, 6.07) is 15.1. The fourth-order valence-electron chi connectivity index (χ4n) is 2.37. The topological polar surface area (TPSA) is 59.3 Å². The van der Waals surface area contributed by atoms with Gasteiger partial charge in [-0.1, -0.05) is 30.8 Å². The van der Waals surface area contributed by atoms with E-state index < -0.39 is 17.7 Å². The summed E-state index contributed by atoms with van der Waals surface area (Å²) in [4.78, 5) is 11.8. The normalized spacial score (nSPS) is 12.6. The molecule has 0 aromatic heterocycles. The van der Waals surface area contributed by atoms with E-state index >= 15 is 0 Å². The summed E-state index contributed by atoms with van der Waals surface area (Å²) in [5.41, 5.74) is 1.36. The van der Waals surface area contributed by atoms with E-state index in [-0.39, 0.29) is 5.82 Å². The van der Waals surface area contributed by atoms with Crippen molar-refractivity contribution in [2.75, 3.05) is 0 Å². The number of allylic oxidation sites excluding steroid dienone is 1. The Labute approximate surface area is 170 Å². The Kier molecular flexibility index (Phi) is 6.95. The number of hydrogen-bond acceptors (Lipinski definition) is 4. The smallest absolute Gasteiger partial charge is 0.333 e. The van der Waals surface area contributed by atoms with Gasteiger partial charge in [0.2, 0.25) is 0 Å². The van der Waals surface area contributed by atoms with E-state index in [1.165, 1.54) is 12.1 Å². The third-order valence-electron chi connectivity index (χ3n) is 4.46. The Hall–Kier alpha value is -3.39.